The third kappa shape index (κ3) is 1.67. The van der Waals surface area contributed by atoms with Gasteiger partial charge in [0, 0.05) is 24.5 Å². The second kappa shape index (κ2) is 3.93. The van der Waals surface area contributed by atoms with Crippen LogP contribution < -0.4 is 0 Å². The Balaban J connectivity index is 2.16. The molecule has 0 aromatic rings. The van der Waals surface area contributed by atoms with Gasteiger partial charge in [-0.15, -0.1) is 0 Å². The van der Waals surface area contributed by atoms with E-state index in [1.54, 1.807) is 0 Å². The fourth-order valence-corrected chi connectivity index (χ4v) is 2.68. The van der Waals surface area contributed by atoms with Gasteiger partial charge >= 0.3 is 0 Å². The first-order valence-electron chi connectivity index (χ1n) is 5.63. The van der Waals surface area contributed by atoms with Gasteiger partial charge in [-0.2, -0.15) is 0 Å². The predicted octanol–water partition coefficient (Wildman–Crippen LogP) is 0.542. The normalized spacial score (nSPS) is 32.3. The van der Waals surface area contributed by atoms with Crippen LogP contribution in [-0.4, -0.2) is 34.5 Å². The monoisotopic (exact) mass is 211 g/mol. The number of likely N-dealkylation sites (tertiary alicyclic amines) is 1. The Morgan fingerprint density at radius 2 is 1.87 bits per heavy atom. The molecule has 1 aliphatic carbocycles. The molecule has 84 valence electrons. The fraction of sp³-hybridized carbons (Fsp3) is 0.818. The number of hydrogen-bond acceptors (Lipinski definition) is 3. The number of nitrogens with zero attached hydrogens (tertiary/aromatic N) is 1. The molecule has 1 saturated heterocycles. The summed E-state index contributed by atoms with van der Waals surface area (Å²) in [6.45, 7) is 1.85. The van der Waals surface area contributed by atoms with E-state index in [2.05, 4.69) is 0 Å². The summed E-state index contributed by atoms with van der Waals surface area (Å²) in [4.78, 5) is 25.3. The molecule has 2 fully saturated rings. The van der Waals surface area contributed by atoms with Crippen LogP contribution in [0.3, 0.4) is 0 Å². The van der Waals surface area contributed by atoms with Crippen molar-refractivity contribution in [1.82, 2.24) is 4.90 Å². The highest BCUT2D eigenvalue weighted by atomic mass is 16.3. The summed E-state index contributed by atoms with van der Waals surface area (Å²) in [6.07, 6.45) is 2.95. The van der Waals surface area contributed by atoms with Crippen LogP contribution in [0.2, 0.25) is 0 Å². The van der Waals surface area contributed by atoms with Crippen LogP contribution in [-0.2, 0) is 9.59 Å². The highest BCUT2D eigenvalue weighted by Crippen LogP contribution is 2.39. The zero-order chi connectivity index (χ0) is 11.0. The lowest BCUT2D eigenvalue weighted by Gasteiger charge is -2.34. The highest BCUT2D eigenvalue weighted by molar-refractivity contribution is 6.01. The Hall–Kier alpha value is -0.900. The molecule has 0 spiro atoms. The number of fused-ring (bicyclic) bond motifs is 2. The van der Waals surface area contributed by atoms with Gasteiger partial charge in [-0.1, -0.05) is 0 Å². The maximum absolute atomic E-state index is 11.9. The number of amides is 2. The Morgan fingerprint density at radius 3 is 2.33 bits per heavy atom. The molecule has 2 rings (SSSR count). The molecule has 1 saturated carbocycles. The molecule has 2 amide bonds. The molecular weight excluding hydrogens is 194 g/mol. The smallest absolute Gasteiger partial charge is 0.232 e. The number of hydrogen-bond donors (Lipinski definition) is 1. The minimum absolute atomic E-state index is 0.0188. The van der Waals surface area contributed by atoms with Gasteiger partial charge in [0.2, 0.25) is 11.8 Å². The second-order valence-corrected chi connectivity index (χ2v) is 4.61. The zero-order valence-corrected chi connectivity index (χ0v) is 8.98. The maximum Gasteiger partial charge on any atom is 0.232 e. The van der Waals surface area contributed by atoms with E-state index in [9.17, 15) is 9.59 Å². The molecule has 15 heavy (non-hydrogen) atoms. The van der Waals surface area contributed by atoms with Gasteiger partial charge in [0.1, 0.15) is 0 Å². The van der Waals surface area contributed by atoms with E-state index in [0.717, 1.165) is 19.3 Å². The van der Waals surface area contributed by atoms with Crippen molar-refractivity contribution in [2.75, 3.05) is 6.61 Å². The molecule has 0 radical (unpaired) electrons. The summed E-state index contributed by atoms with van der Waals surface area (Å²) in [7, 11) is 0. The first-order chi connectivity index (χ1) is 7.15. The lowest BCUT2D eigenvalue weighted by molar-refractivity contribution is -0.155. The lowest BCUT2D eigenvalue weighted by Crippen LogP contribution is -2.50. The number of aliphatic hydroxyl groups excluding tert-OH is 1. The van der Waals surface area contributed by atoms with E-state index in [-0.39, 0.29) is 36.3 Å². The molecule has 3 unspecified atom stereocenters. The van der Waals surface area contributed by atoms with Crippen molar-refractivity contribution < 1.29 is 14.7 Å². The minimum Gasteiger partial charge on any atom is -0.396 e. The Morgan fingerprint density at radius 1 is 1.33 bits per heavy atom. The molecule has 1 heterocycles. The van der Waals surface area contributed by atoms with Crippen molar-refractivity contribution in [3.05, 3.63) is 0 Å². The van der Waals surface area contributed by atoms with Gasteiger partial charge in [0.05, 0.1) is 0 Å². The second-order valence-electron chi connectivity index (χ2n) is 4.61. The van der Waals surface area contributed by atoms with E-state index in [1.165, 1.54) is 4.90 Å². The topological polar surface area (TPSA) is 57.6 Å². The summed E-state index contributed by atoms with van der Waals surface area (Å²) in [6, 6.07) is -0.154. The lowest BCUT2D eigenvalue weighted by atomic mass is 9.95. The van der Waals surface area contributed by atoms with Crippen molar-refractivity contribution >= 4 is 11.8 Å². The zero-order valence-electron chi connectivity index (χ0n) is 8.98. The summed E-state index contributed by atoms with van der Waals surface area (Å²) >= 11 is 0. The van der Waals surface area contributed by atoms with Crippen LogP contribution >= 0.6 is 0 Å². The quantitative estimate of drug-likeness (QED) is 0.693. The summed E-state index contributed by atoms with van der Waals surface area (Å²) in [5.74, 6) is 0.0899. The van der Waals surface area contributed by atoms with Crippen LogP contribution in [0.15, 0.2) is 0 Å². The van der Waals surface area contributed by atoms with E-state index in [0.29, 0.717) is 6.42 Å². The van der Waals surface area contributed by atoms with E-state index in [1.807, 2.05) is 6.92 Å². The third-order valence-corrected chi connectivity index (χ3v) is 3.59. The molecular formula is C11H17NO3. The third-order valence-electron chi connectivity index (χ3n) is 3.59. The van der Waals surface area contributed by atoms with Crippen molar-refractivity contribution in [3.8, 4) is 0 Å². The molecule has 0 aromatic heterocycles. The summed E-state index contributed by atoms with van der Waals surface area (Å²) in [5.41, 5.74) is 0. The minimum atomic E-state index is -0.154. The van der Waals surface area contributed by atoms with Gasteiger partial charge in [-0.05, 0) is 32.6 Å². The Labute approximate surface area is 89.3 Å². The average molecular weight is 211 g/mol. The molecule has 1 N–H and O–H groups in total. The van der Waals surface area contributed by atoms with Gasteiger partial charge < -0.3 is 5.11 Å². The Bertz CT molecular complexity index is 268. The number of piperidine rings is 1. The highest BCUT2D eigenvalue weighted by Gasteiger charge is 2.46. The predicted molar refractivity (Wildman–Crippen MR) is 53.8 cm³/mol. The van der Waals surface area contributed by atoms with Gasteiger partial charge in [-0.3, -0.25) is 14.5 Å². The first kappa shape index (κ1) is 10.6. The largest absolute Gasteiger partial charge is 0.396 e. The number of imide groups is 1. The van der Waals surface area contributed by atoms with Crippen molar-refractivity contribution in [2.24, 2.45) is 11.8 Å². The van der Waals surface area contributed by atoms with E-state index in [4.69, 9.17) is 5.11 Å². The molecule has 2 bridgehead atoms. The van der Waals surface area contributed by atoms with Gasteiger partial charge in [0.25, 0.3) is 0 Å². The molecule has 1 aliphatic heterocycles. The Kier molecular flexibility index (Phi) is 2.78. The number of rotatable bonds is 3. The van der Waals surface area contributed by atoms with Crippen LogP contribution in [0, 0.1) is 11.8 Å². The molecule has 4 heteroatoms. The van der Waals surface area contributed by atoms with Crippen LogP contribution in [0.4, 0.5) is 0 Å². The van der Waals surface area contributed by atoms with E-state index >= 15 is 0 Å². The fourth-order valence-electron chi connectivity index (χ4n) is 2.68. The van der Waals surface area contributed by atoms with Crippen LogP contribution in [0.25, 0.3) is 0 Å². The number of carbonyl (C=O) groups excluding carboxylic acids is 2. The van der Waals surface area contributed by atoms with Crippen LogP contribution in [0.1, 0.15) is 32.6 Å². The molecule has 2 aliphatic rings. The molecule has 0 aromatic carbocycles. The van der Waals surface area contributed by atoms with Gasteiger partial charge in [0.15, 0.2) is 0 Å². The van der Waals surface area contributed by atoms with Crippen molar-refractivity contribution in [3.63, 3.8) is 0 Å². The molecule has 4 nitrogen and oxygen atoms in total. The number of aliphatic hydroxyl groups is 1. The van der Waals surface area contributed by atoms with Crippen molar-refractivity contribution in [2.45, 2.75) is 38.6 Å². The number of carbonyl (C=O) groups is 2. The SMILES string of the molecule is CC(CCO)N1C(=O)C2CCC(C2)C1=O. The first-order valence-corrected chi connectivity index (χ1v) is 5.63. The summed E-state index contributed by atoms with van der Waals surface area (Å²) in [5, 5.41) is 8.84. The van der Waals surface area contributed by atoms with Crippen LogP contribution in [0.5, 0.6) is 0 Å². The standard InChI is InChI=1S/C11H17NO3/c1-7(4-5-13)12-10(14)8-2-3-9(6-8)11(12)15/h7-9,13H,2-6H2,1H3. The van der Waals surface area contributed by atoms with Gasteiger partial charge in [-0.25, -0.2) is 0 Å². The maximum atomic E-state index is 11.9. The summed E-state index contributed by atoms with van der Waals surface area (Å²) < 4.78 is 0. The molecule has 3 atom stereocenters. The van der Waals surface area contributed by atoms with E-state index < -0.39 is 0 Å². The average Bonchev–Trinajstić information content (AvgIpc) is 2.62. The van der Waals surface area contributed by atoms with Crippen molar-refractivity contribution in [1.29, 1.82) is 0 Å².